The van der Waals surface area contributed by atoms with Gasteiger partial charge in [-0.25, -0.2) is 0 Å². The van der Waals surface area contributed by atoms with E-state index in [0.717, 1.165) is 30.9 Å². The maximum absolute atomic E-state index is 4.71. The van der Waals surface area contributed by atoms with Crippen molar-refractivity contribution in [1.29, 1.82) is 0 Å². The Hall–Kier alpha value is -2.29. The SMILES string of the molecule is CCc1ccc(NCc2nn(CC)c3ccccc23)cc1. The molecule has 0 spiro atoms. The van der Waals surface area contributed by atoms with Gasteiger partial charge in [-0.2, -0.15) is 5.10 Å². The topological polar surface area (TPSA) is 29.9 Å². The van der Waals surface area contributed by atoms with Crippen LogP contribution in [0.25, 0.3) is 10.9 Å². The van der Waals surface area contributed by atoms with Gasteiger partial charge in [0.15, 0.2) is 0 Å². The molecular weight excluding hydrogens is 258 g/mol. The number of aromatic nitrogens is 2. The summed E-state index contributed by atoms with van der Waals surface area (Å²) in [6.45, 7) is 5.94. The summed E-state index contributed by atoms with van der Waals surface area (Å²) in [6, 6.07) is 17.0. The van der Waals surface area contributed by atoms with Gasteiger partial charge < -0.3 is 5.32 Å². The van der Waals surface area contributed by atoms with Gasteiger partial charge in [0.1, 0.15) is 0 Å². The van der Waals surface area contributed by atoms with Gasteiger partial charge >= 0.3 is 0 Å². The molecule has 3 nitrogen and oxygen atoms in total. The van der Waals surface area contributed by atoms with E-state index in [0.29, 0.717) is 0 Å². The summed E-state index contributed by atoms with van der Waals surface area (Å²) in [7, 11) is 0. The molecular formula is C18H21N3. The molecule has 108 valence electrons. The fraction of sp³-hybridized carbons (Fsp3) is 0.278. The Labute approximate surface area is 125 Å². The van der Waals surface area contributed by atoms with Crippen LogP contribution in [0.5, 0.6) is 0 Å². The fourth-order valence-electron chi connectivity index (χ4n) is 2.61. The lowest BCUT2D eigenvalue weighted by Crippen LogP contribution is -2.02. The van der Waals surface area contributed by atoms with E-state index in [4.69, 9.17) is 5.10 Å². The van der Waals surface area contributed by atoms with Crippen LogP contribution < -0.4 is 5.32 Å². The summed E-state index contributed by atoms with van der Waals surface area (Å²) in [6.07, 6.45) is 1.08. The van der Waals surface area contributed by atoms with E-state index < -0.39 is 0 Å². The van der Waals surface area contributed by atoms with Crippen molar-refractivity contribution in [2.75, 3.05) is 5.32 Å². The van der Waals surface area contributed by atoms with Gasteiger partial charge in [-0.05, 0) is 37.1 Å². The Bertz CT molecular complexity index is 726. The molecule has 0 atom stereocenters. The molecule has 0 aliphatic heterocycles. The standard InChI is InChI=1S/C18H21N3/c1-3-14-9-11-15(12-10-14)19-13-17-16-7-5-6-8-18(16)21(4-2)20-17/h5-12,19H,3-4,13H2,1-2H3. The summed E-state index contributed by atoms with van der Waals surface area (Å²) >= 11 is 0. The molecule has 0 fully saturated rings. The Morgan fingerprint density at radius 2 is 1.76 bits per heavy atom. The molecule has 1 N–H and O–H groups in total. The van der Waals surface area contributed by atoms with Gasteiger partial charge in [0.05, 0.1) is 17.8 Å². The van der Waals surface area contributed by atoms with Crippen LogP contribution in [-0.2, 0) is 19.5 Å². The third-order valence-electron chi connectivity index (χ3n) is 3.86. The normalized spacial score (nSPS) is 11.0. The summed E-state index contributed by atoms with van der Waals surface area (Å²) in [4.78, 5) is 0. The van der Waals surface area contributed by atoms with Crippen LogP contribution in [0.3, 0.4) is 0 Å². The number of hydrogen-bond donors (Lipinski definition) is 1. The highest BCUT2D eigenvalue weighted by Crippen LogP contribution is 2.19. The Balaban J connectivity index is 1.81. The second-order valence-corrected chi connectivity index (χ2v) is 5.18. The monoisotopic (exact) mass is 279 g/mol. The summed E-state index contributed by atoms with van der Waals surface area (Å²) < 4.78 is 2.06. The summed E-state index contributed by atoms with van der Waals surface area (Å²) in [5.41, 5.74) is 4.81. The smallest absolute Gasteiger partial charge is 0.0894 e. The molecule has 0 saturated carbocycles. The molecule has 0 unspecified atom stereocenters. The molecule has 0 amide bonds. The highest BCUT2D eigenvalue weighted by molar-refractivity contribution is 5.82. The van der Waals surface area contributed by atoms with E-state index in [2.05, 4.69) is 72.4 Å². The van der Waals surface area contributed by atoms with Crippen molar-refractivity contribution in [2.24, 2.45) is 0 Å². The molecule has 0 aliphatic rings. The van der Waals surface area contributed by atoms with Gasteiger partial charge in [0.2, 0.25) is 0 Å². The average molecular weight is 279 g/mol. The lowest BCUT2D eigenvalue weighted by Gasteiger charge is -2.05. The fourth-order valence-corrected chi connectivity index (χ4v) is 2.61. The molecule has 0 aliphatic carbocycles. The van der Waals surface area contributed by atoms with Gasteiger partial charge in [0, 0.05) is 17.6 Å². The van der Waals surface area contributed by atoms with Gasteiger partial charge in [0.25, 0.3) is 0 Å². The predicted molar refractivity (Wildman–Crippen MR) is 88.6 cm³/mol. The number of nitrogens with zero attached hydrogens (tertiary/aromatic N) is 2. The number of benzene rings is 2. The largest absolute Gasteiger partial charge is 0.379 e. The van der Waals surface area contributed by atoms with Crippen LogP contribution in [-0.4, -0.2) is 9.78 Å². The quantitative estimate of drug-likeness (QED) is 0.757. The highest BCUT2D eigenvalue weighted by Gasteiger charge is 2.08. The molecule has 0 saturated heterocycles. The van der Waals surface area contributed by atoms with Crippen molar-refractivity contribution in [1.82, 2.24) is 9.78 Å². The number of anilines is 1. The van der Waals surface area contributed by atoms with Crippen LogP contribution in [0.4, 0.5) is 5.69 Å². The number of fused-ring (bicyclic) bond motifs is 1. The van der Waals surface area contributed by atoms with E-state index in [9.17, 15) is 0 Å². The van der Waals surface area contributed by atoms with Crippen LogP contribution in [0.15, 0.2) is 48.5 Å². The van der Waals surface area contributed by atoms with Crippen LogP contribution in [0.2, 0.25) is 0 Å². The number of aryl methyl sites for hydroxylation is 2. The molecule has 2 aromatic carbocycles. The van der Waals surface area contributed by atoms with Crippen molar-refractivity contribution in [3.05, 3.63) is 59.8 Å². The molecule has 3 rings (SSSR count). The van der Waals surface area contributed by atoms with Crippen LogP contribution >= 0.6 is 0 Å². The maximum atomic E-state index is 4.71. The van der Waals surface area contributed by atoms with E-state index in [-0.39, 0.29) is 0 Å². The molecule has 1 heterocycles. The number of para-hydroxylation sites is 1. The van der Waals surface area contributed by atoms with E-state index >= 15 is 0 Å². The second-order valence-electron chi connectivity index (χ2n) is 5.18. The lowest BCUT2D eigenvalue weighted by atomic mass is 10.1. The minimum atomic E-state index is 0.749. The number of rotatable bonds is 5. The first kappa shape index (κ1) is 13.7. The second kappa shape index (κ2) is 6.00. The predicted octanol–water partition coefficient (Wildman–Crippen LogP) is 4.23. The molecule has 0 bridgehead atoms. The zero-order valence-electron chi connectivity index (χ0n) is 12.6. The van der Waals surface area contributed by atoms with Gasteiger partial charge in [-0.15, -0.1) is 0 Å². The first-order valence-electron chi connectivity index (χ1n) is 7.59. The number of hydrogen-bond acceptors (Lipinski definition) is 2. The maximum Gasteiger partial charge on any atom is 0.0894 e. The zero-order chi connectivity index (χ0) is 14.7. The molecule has 1 aromatic heterocycles. The van der Waals surface area contributed by atoms with Crippen molar-refractivity contribution >= 4 is 16.6 Å². The molecule has 3 heteroatoms. The van der Waals surface area contributed by atoms with Crippen molar-refractivity contribution in [3.63, 3.8) is 0 Å². The van der Waals surface area contributed by atoms with Gasteiger partial charge in [-0.3, -0.25) is 4.68 Å². The minimum absolute atomic E-state index is 0.749. The molecule has 3 aromatic rings. The van der Waals surface area contributed by atoms with E-state index in [1.807, 2.05) is 0 Å². The number of nitrogens with one attached hydrogen (secondary N) is 1. The van der Waals surface area contributed by atoms with Crippen LogP contribution in [0, 0.1) is 0 Å². The Kier molecular flexibility index (Phi) is 3.91. The first-order valence-corrected chi connectivity index (χ1v) is 7.59. The van der Waals surface area contributed by atoms with Crippen molar-refractivity contribution in [3.8, 4) is 0 Å². The Morgan fingerprint density at radius 3 is 2.48 bits per heavy atom. The summed E-state index contributed by atoms with van der Waals surface area (Å²) in [5.74, 6) is 0. The van der Waals surface area contributed by atoms with E-state index in [1.165, 1.54) is 16.5 Å². The minimum Gasteiger partial charge on any atom is -0.379 e. The van der Waals surface area contributed by atoms with Crippen molar-refractivity contribution in [2.45, 2.75) is 33.4 Å². The third kappa shape index (κ3) is 2.77. The van der Waals surface area contributed by atoms with Crippen molar-refractivity contribution < 1.29 is 0 Å². The lowest BCUT2D eigenvalue weighted by molar-refractivity contribution is 0.671. The molecule has 21 heavy (non-hydrogen) atoms. The van der Waals surface area contributed by atoms with Crippen LogP contribution in [0.1, 0.15) is 25.1 Å². The average Bonchev–Trinajstić information content (AvgIpc) is 2.91. The third-order valence-corrected chi connectivity index (χ3v) is 3.86. The summed E-state index contributed by atoms with van der Waals surface area (Å²) in [5, 5.41) is 9.41. The highest BCUT2D eigenvalue weighted by atomic mass is 15.3. The molecule has 0 radical (unpaired) electrons. The first-order chi connectivity index (χ1) is 10.3. The zero-order valence-corrected chi connectivity index (χ0v) is 12.6. The van der Waals surface area contributed by atoms with E-state index in [1.54, 1.807) is 0 Å². The Morgan fingerprint density at radius 1 is 1.00 bits per heavy atom. The van der Waals surface area contributed by atoms with Gasteiger partial charge in [-0.1, -0.05) is 37.3 Å².